The minimum absolute atomic E-state index is 0.0274. The molecule has 11 heavy (non-hydrogen) atoms. The van der Waals surface area contributed by atoms with Gasteiger partial charge in [0.15, 0.2) is 0 Å². The number of hydrogen-bond donors (Lipinski definition) is 1. The van der Waals surface area contributed by atoms with Crippen LogP contribution in [0, 0.1) is 0 Å². The van der Waals surface area contributed by atoms with Crippen molar-refractivity contribution >= 4 is 7.85 Å². The molecule has 0 aliphatic heterocycles. The third-order valence-electron chi connectivity index (χ3n) is 2.76. The first-order valence-electron chi connectivity index (χ1n) is 4.76. The summed E-state index contributed by atoms with van der Waals surface area (Å²) in [6.45, 7) is 0.660. The highest BCUT2D eigenvalue weighted by Gasteiger charge is 2.21. The van der Waals surface area contributed by atoms with E-state index in [1.807, 2.05) is 0 Å². The zero-order chi connectivity index (χ0) is 8.16. The van der Waals surface area contributed by atoms with E-state index < -0.39 is 0 Å². The van der Waals surface area contributed by atoms with Gasteiger partial charge in [-0.25, -0.2) is 0 Å². The van der Waals surface area contributed by atoms with E-state index in [2.05, 4.69) is 0 Å². The van der Waals surface area contributed by atoms with E-state index in [1.54, 1.807) is 0 Å². The van der Waals surface area contributed by atoms with Crippen molar-refractivity contribution in [3.05, 3.63) is 0 Å². The van der Waals surface area contributed by atoms with E-state index in [1.165, 1.54) is 32.1 Å². The van der Waals surface area contributed by atoms with E-state index >= 15 is 0 Å². The Morgan fingerprint density at radius 2 is 1.45 bits per heavy atom. The summed E-state index contributed by atoms with van der Waals surface area (Å²) < 4.78 is 0. The molecule has 0 unspecified atom stereocenters. The Balaban J connectivity index is 2.37. The summed E-state index contributed by atoms with van der Waals surface area (Å²) in [4.78, 5) is 0. The van der Waals surface area contributed by atoms with Crippen molar-refractivity contribution < 1.29 is 0 Å². The summed E-state index contributed by atoms with van der Waals surface area (Å²) in [6, 6.07) is 0. The average Bonchev–Trinajstić information content (AvgIpc) is 1.98. The van der Waals surface area contributed by atoms with Crippen LogP contribution in [0.1, 0.15) is 44.9 Å². The summed E-state index contributed by atoms with van der Waals surface area (Å²) in [5, 5.41) is -0.0274. The minimum atomic E-state index is -0.0274. The molecule has 1 aliphatic rings. The van der Waals surface area contributed by atoms with Crippen LogP contribution in [-0.4, -0.2) is 14.4 Å². The number of hydrogen-bond acceptors (Lipinski definition) is 1. The summed E-state index contributed by atoms with van der Waals surface area (Å²) in [5.41, 5.74) is 5.63. The maximum absolute atomic E-state index is 6.10. The molecule has 1 nitrogen and oxygen atoms in total. The largest absolute Gasteiger partial charge is 0.331 e. The highest BCUT2D eigenvalue weighted by atomic mass is 14.6. The zero-order valence-corrected chi connectivity index (χ0v) is 7.31. The van der Waals surface area contributed by atoms with Gasteiger partial charge in [-0.05, 0) is 6.54 Å². The third kappa shape index (κ3) is 2.86. The Kier molecular flexibility index (Phi) is 3.44. The summed E-state index contributed by atoms with van der Waals surface area (Å²) >= 11 is 0. The van der Waals surface area contributed by atoms with Gasteiger partial charge in [0.25, 0.3) is 0 Å². The van der Waals surface area contributed by atoms with Gasteiger partial charge in [-0.2, -0.15) is 0 Å². The van der Waals surface area contributed by atoms with Gasteiger partial charge < -0.3 is 5.73 Å². The highest BCUT2D eigenvalue weighted by Crippen LogP contribution is 2.36. The number of nitrogens with two attached hydrogens (primary N) is 1. The fourth-order valence-electron chi connectivity index (χ4n) is 1.81. The lowest BCUT2D eigenvalue weighted by molar-refractivity contribution is 0.403. The fourth-order valence-corrected chi connectivity index (χ4v) is 1.81. The fraction of sp³-hybridized carbons (Fsp3) is 1.00. The van der Waals surface area contributed by atoms with Gasteiger partial charge in [-0.1, -0.05) is 50.3 Å². The Morgan fingerprint density at radius 1 is 1.00 bits per heavy atom. The molecule has 0 saturated heterocycles. The molecule has 0 aromatic rings. The van der Waals surface area contributed by atoms with Crippen LogP contribution in [0.3, 0.4) is 0 Å². The van der Waals surface area contributed by atoms with Crippen molar-refractivity contribution in [1.29, 1.82) is 0 Å². The molecule has 62 valence electrons. The molecule has 1 saturated carbocycles. The maximum Gasteiger partial charge on any atom is 0.0763 e. The predicted molar refractivity (Wildman–Crippen MR) is 49.8 cm³/mol. The first kappa shape index (κ1) is 9.12. The first-order chi connectivity index (χ1) is 5.27. The second-order valence-corrected chi connectivity index (χ2v) is 3.83. The number of rotatable bonds is 1. The minimum Gasteiger partial charge on any atom is -0.331 e. The van der Waals surface area contributed by atoms with Gasteiger partial charge in [-0.3, -0.25) is 0 Å². The lowest BCUT2D eigenvalue weighted by Gasteiger charge is -2.30. The Bertz CT molecular complexity index is 106. The summed E-state index contributed by atoms with van der Waals surface area (Å²) in [5.74, 6) is 0. The second-order valence-electron chi connectivity index (χ2n) is 3.83. The van der Waals surface area contributed by atoms with Gasteiger partial charge in [-0.15, -0.1) is 0 Å². The van der Waals surface area contributed by atoms with Crippen molar-refractivity contribution in [1.82, 2.24) is 0 Å². The van der Waals surface area contributed by atoms with Gasteiger partial charge >= 0.3 is 0 Å². The molecule has 0 bridgehead atoms. The van der Waals surface area contributed by atoms with E-state index in [4.69, 9.17) is 13.6 Å². The molecule has 2 N–H and O–H groups in total. The molecule has 2 radical (unpaired) electrons. The van der Waals surface area contributed by atoms with E-state index in [9.17, 15) is 0 Å². The van der Waals surface area contributed by atoms with Crippen LogP contribution in [0.4, 0.5) is 0 Å². The molecule has 0 aromatic heterocycles. The van der Waals surface area contributed by atoms with Gasteiger partial charge in [0, 0.05) is 0 Å². The first-order valence-corrected chi connectivity index (χ1v) is 4.76. The highest BCUT2D eigenvalue weighted by molar-refractivity contribution is 6.15. The predicted octanol–water partition coefficient (Wildman–Crippen LogP) is 2.02. The Labute approximate surface area is 71.1 Å². The molecule has 0 aromatic carbocycles. The molecule has 1 aliphatic carbocycles. The molecule has 2 heteroatoms. The van der Waals surface area contributed by atoms with Crippen LogP contribution >= 0.6 is 0 Å². The lowest BCUT2D eigenvalue weighted by atomic mass is 9.62. The van der Waals surface area contributed by atoms with Crippen LogP contribution < -0.4 is 5.73 Å². The molecule has 0 heterocycles. The monoisotopic (exact) mass is 151 g/mol. The lowest BCUT2D eigenvalue weighted by Crippen LogP contribution is -2.24. The topological polar surface area (TPSA) is 26.0 Å². The van der Waals surface area contributed by atoms with Crippen molar-refractivity contribution in [3.8, 4) is 0 Å². The molecule has 0 atom stereocenters. The van der Waals surface area contributed by atoms with Crippen LogP contribution in [0.15, 0.2) is 0 Å². The van der Waals surface area contributed by atoms with Gasteiger partial charge in [0.05, 0.1) is 7.85 Å². The standard InChI is InChI=1S/C9H18BN/c10-9(8-11)6-4-2-1-3-5-7-9/h1-8,11H2. The maximum atomic E-state index is 6.10. The van der Waals surface area contributed by atoms with E-state index in [0.717, 1.165) is 12.8 Å². The van der Waals surface area contributed by atoms with Crippen LogP contribution in [0.25, 0.3) is 0 Å². The molecule has 1 fully saturated rings. The van der Waals surface area contributed by atoms with Crippen molar-refractivity contribution in [2.75, 3.05) is 6.54 Å². The van der Waals surface area contributed by atoms with E-state index in [-0.39, 0.29) is 5.31 Å². The molecule has 1 rings (SSSR count). The third-order valence-corrected chi connectivity index (χ3v) is 2.76. The zero-order valence-electron chi connectivity index (χ0n) is 7.31. The van der Waals surface area contributed by atoms with Gasteiger partial charge in [0.2, 0.25) is 0 Å². The Morgan fingerprint density at radius 3 is 1.91 bits per heavy atom. The molecule has 0 spiro atoms. The van der Waals surface area contributed by atoms with Crippen LogP contribution in [0.2, 0.25) is 5.31 Å². The van der Waals surface area contributed by atoms with Crippen molar-refractivity contribution in [2.24, 2.45) is 5.73 Å². The summed E-state index contributed by atoms with van der Waals surface area (Å²) in [6.07, 6.45) is 8.88. The SMILES string of the molecule is [B]C1(CN)CCCCCCC1. The van der Waals surface area contributed by atoms with Crippen LogP contribution in [-0.2, 0) is 0 Å². The normalized spacial score (nSPS) is 25.5. The Hall–Kier alpha value is 0.0249. The molecular formula is C9H18BN. The van der Waals surface area contributed by atoms with Crippen molar-refractivity contribution in [2.45, 2.75) is 50.3 Å². The average molecular weight is 151 g/mol. The van der Waals surface area contributed by atoms with E-state index in [0.29, 0.717) is 6.54 Å². The van der Waals surface area contributed by atoms with Crippen molar-refractivity contribution in [3.63, 3.8) is 0 Å². The summed E-state index contributed by atoms with van der Waals surface area (Å²) in [7, 11) is 6.10. The van der Waals surface area contributed by atoms with Crippen LogP contribution in [0.5, 0.6) is 0 Å². The quantitative estimate of drug-likeness (QED) is 0.570. The second kappa shape index (κ2) is 4.15. The molecular weight excluding hydrogens is 133 g/mol. The van der Waals surface area contributed by atoms with Gasteiger partial charge in [0.1, 0.15) is 0 Å². The smallest absolute Gasteiger partial charge is 0.0763 e. The molecule has 0 amide bonds.